The lowest BCUT2D eigenvalue weighted by molar-refractivity contribution is -0.0210. The van der Waals surface area contributed by atoms with Crippen LogP contribution in [0.15, 0.2) is 0 Å². The molecule has 1 aromatic rings. The van der Waals surface area contributed by atoms with Gasteiger partial charge in [-0.25, -0.2) is 4.98 Å². The molecule has 4 nitrogen and oxygen atoms in total. The molecule has 1 N–H and O–H groups in total. The van der Waals surface area contributed by atoms with E-state index in [0.29, 0.717) is 6.04 Å². The molecule has 0 aromatic carbocycles. The molecular formula is C13H23N3OS. The predicted molar refractivity (Wildman–Crippen MR) is 75.0 cm³/mol. The van der Waals surface area contributed by atoms with E-state index in [9.17, 15) is 0 Å². The lowest BCUT2D eigenvalue weighted by Gasteiger charge is -2.28. The molecule has 0 radical (unpaired) electrons. The van der Waals surface area contributed by atoms with Gasteiger partial charge >= 0.3 is 0 Å². The molecule has 102 valence electrons. The Morgan fingerprint density at radius 2 is 2.33 bits per heavy atom. The third-order valence-electron chi connectivity index (χ3n) is 3.13. The number of ether oxygens (including phenoxy) is 1. The summed E-state index contributed by atoms with van der Waals surface area (Å²) in [5.41, 5.74) is 1.14. The Hall–Kier alpha value is -0.490. The molecule has 1 aromatic heterocycles. The lowest BCUT2D eigenvalue weighted by Crippen LogP contribution is -2.35. The number of hydrogen-bond donors (Lipinski definition) is 1. The van der Waals surface area contributed by atoms with E-state index in [4.69, 9.17) is 4.74 Å². The quantitative estimate of drug-likeness (QED) is 0.906. The number of nitrogens with one attached hydrogen (secondary N) is 1. The first-order valence-electron chi connectivity index (χ1n) is 6.56. The molecule has 2 rings (SSSR count). The van der Waals surface area contributed by atoms with Crippen molar-refractivity contribution in [2.45, 2.75) is 39.5 Å². The summed E-state index contributed by atoms with van der Waals surface area (Å²) in [4.78, 5) is 8.31. The zero-order valence-electron chi connectivity index (χ0n) is 11.7. The van der Waals surface area contributed by atoms with E-state index in [1.54, 1.807) is 11.3 Å². The van der Waals surface area contributed by atoms with Crippen LogP contribution in [0.1, 0.15) is 35.5 Å². The molecule has 0 spiro atoms. The van der Waals surface area contributed by atoms with Crippen molar-refractivity contribution in [2.75, 3.05) is 26.7 Å². The molecule has 0 amide bonds. The number of thiazole rings is 1. The first-order valence-corrected chi connectivity index (χ1v) is 7.37. The average Bonchev–Trinajstić information content (AvgIpc) is 2.68. The van der Waals surface area contributed by atoms with Gasteiger partial charge in [0.25, 0.3) is 0 Å². The molecule has 0 aliphatic carbocycles. The predicted octanol–water partition coefficient (Wildman–Crippen LogP) is 1.95. The fourth-order valence-corrected chi connectivity index (χ4v) is 3.03. The Bertz CT molecular complexity index is 392. The number of aromatic nitrogens is 1. The lowest BCUT2D eigenvalue weighted by atomic mass is 10.3. The van der Waals surface area contributed by atoms with Crippen molar-refractivity contribution in [3.05, 3.63) is 15.6 Å². The van der Waals surface area contributed by atoms with Crippen LogP contribution in [0.25, 0.3) is 0 Å². The molecule has 1 atom stereocenters. The van der Waals surface area contributed by atoms with Crippen molar-refractivity contribution < 1.29 is 4.74 Å². The summed E-state index contributed by atoms with van der Waals surface area (Å²) in [7, 11) is 2.14. The Morgan fingerprint density at radius 1 is 1.56 bits per heavy atom. The molecule has 1 aliphatic heterocycles. The average molecular weight is 269 g/mol. The highest BCUT2D eigenvalue weighted by atomic mass is 32.1. The van der Waals surface area contributed by atoms with Gasteiger partial charge in [0.1, 0.15) is 11.1 Å². The Balaban J connectivity index is 2.03. The summed E-state index contributed by atoms with van der Waals surface area (Å²) in [6, 6.07) is 0.506. The van der Waals surface area contributed by atoms with Crippen LogP contribution in [0.3, 0.4) is 0 Å². The Labute approximate surface area is 113 Å². The van der Waals surface area contributed by atoms with Crippen molar-refractivity contribution in [3.63, 3.8) is 0 Å². The van der Waals surface area contributed by atoms with E-state index in [1.165, 1.54) is 4.88 Å². The summed E-state index contributed by atoms with van der Waals surface area (Å²) in [5.74, 6) is 0. The van der Waals surface area contributed by atoms with Crippen LogP contribution >= 0.6 is 11.3 Å². The van der Waals surface area contributed by atoms with Gasteiger partial charge < -0.3 is 15.0 Å². The van der Waals surface area contributed by atoms with E-state index in [1.807, 2.05) is 0 Å². The summed E-state index contributed by atoms with van der Waals surface area (Å²) in [5, 5.41) is 4.57. The summed E-state index contributed by atoms with van der Waals surface area (Å²) < 4.78 is 5.81. The van der Waals surface area contributed by atoms with Gasteiger partial charge in [-0.05, 0) is 14.0 Å². The second-order valence-corrected chi connectivity index (χ2v) is 6.33. The first-order chi connectivity index (χ1) is 8.56. The van der Waals surface area contributed by atoms with E-state index in [-0.39, 0.29) is 6.10 Å². The van der Waals surface area contributed by atoms with Crippen LogP contribution < -0.4 is 5.32 Å². The minimum atomic E-state index is 0.153. The maximum absolute atomic E-state index is 5.81. The number of likely N-dealkylation sites (N-methyl/N-ethyl adjacent to an activating group) is 1. The minimum Gasteiger partial charge on any atom is -0.368 e. The number of morpholine rings is 1. The third-order valence-corrected chi connectivity index (χ3v) is 4.37. The van der Waals surface area contributed by atoms with Gasteiger partial charge in [-0.2, -0.15) is 0 Å². The molecule has 1 fully saturated rings. The van der Waals surface area contributed by atoms with Crippen molar-refractivity contribution in [1.29, 1.82) is 0 Å². The molecular weight excluding hydrogens is 246 g/mol. The maximum Gasteiger partial charge on any atom is 0.123 e. The number of nitrogens with zero attached hydrogens (tertiary/aromatic N) is 2. The zero-order valence-corrected chi connectivity index (χ0v) is 12.5. The van der Waals surface area contributed by atoms with Gasteiger partial charge in [0.05, 0.1) is 12.3 Å². The molecule has 1 unspecified atom stereocenters. The van der Waals surface area contributed by atoms with Crippen molar-refractivity contribution in [3.8, 4) is 0 Å². The SMILES string of the molecule is Cc1nc(C2CN(C)CCO2)sc1CNC(C)C. The molecule has 5 heteroatoms. The van der Waals surface area contributed by atoms with Crippen LogP contribution in [0.2, 0.25) is 0 Å². The number of aryl methyl sites for hydroxylation is 1. The van der Waals surface area contributed by atoms with Crippen molar-refractivity contribution >= 4 is 11.3 Å². The maximum atomic E-state index is 5.81. The fourth-order valence-electron chi connectivity index (χ4n) is 1.98. The fraction of sp³-hybridized carbons (Fsp3) is 0.769. The Kier molecular flexibility index (Phi) is 4.72. The smallest absolute Gasteiger partial charge is 0.123 e. The van der Waals surface area contributed by atoms with Gasteiger partial charge in [0.2, 0.25) is 0 Å². The molecule has 18 heavy (non-hydrogen) atoms. The van der Waals surface area contributed by atoms with E-state index in [2.05, 4.69) is 43.0 Å². The van der Waals surface area contributed by atoms with Crippen LogP contribution in [0, 0.1) is 6.92 Å². The summed E-state index contributed by atoms with van der Waals surface area (Å²) in [6.07, 6.45) is 0.153. The molecule has 0 saturated carbocycles. The van der Waals surface area contributed by atoms with Gasteiger partial charge in [0.15, 0.2) is 0 Å². The van der Waals surface area contributed by atoms with Gasteiger partial charge in [0, 0.05) is 30.6 Å². The molecule has 1 saturated heterocycles. The summed E-state index contributed by atoms with van der Waals surface area (Å²) in [6.45, 7) is 10.1. The molecule has 0 bridgehead atoms. The largest absolute Gasteiger partial charge is 0.368 e. The highest BCUT2D eigenvalue weighted by molar-refractivity contribution is 7.11. The second kappa shape index (κ2) is 6.10. The number of hydrogen-bond acceptors (Lipinski definition) is 5. The van der Waals surface area contributed by atoms with E-state index < -0.39 is 0 Å². The van der Waals surface area contributed by atoms with Crippen molar-refractivity contribution in [1.82, 2.24) is 15.2 Å². The van der Waals surface area contributed by atoms with Gasteiger partial charge in [-0.3, -0.25) is 0 Å². The molecule has 1 aliphatic rings. The van der Waals surface area contributed by atoms with Crippen LogP contribution in [-0.2, 0) is 11.3 Å². The second-order valence-electron chi connectivity index (χ2n) is 5.22. The Morgan fingerprint density at radius 3 is 3.00 bits per heavy atom. The van der Waals surface area contributed by atoms with Crippen LogP contribution in [0.5, 0.6) is 0 Å². The van der Waals surface area contributed by atoms with Crippen LogP contribution in [0.4, 0.5) is 0 Å². The monoisotopic (exact) mass is 269 g/mol. The standard InChI is InChI=1S/C13H23N3OS/c1-9(2)14-7-12-10(3)15-13(18-12)11-8-16(4)5-6-17-11/h9,11,14H,5-8H2,1-4H3. The van der Waals surface area contributed by atoms with Gasteiger partial charge in [-0.15, -0.1) is 11.3 Å². The van der Waals surface area contributed by atoms with E-state index >= 15 is 0 Å². The van der Waals surface area contributed by atoms with Crippen LogP contribution in [-0.4, -0.2) is 42.7 Å². The summed E-state index contributed by atoms with van der Waals surface area (Å²) >= 11 is 1.78. The van der Waals surface area contributed by atoms with Gasteiger partial charge in [-0.1, -0.05) is 13.8 Å². The third kappa shape index (κ3) is 3.51. The zero-order chi connectivity index (χ0) is 13.1. The highest BCUT2D eigenvalue weighted by Gasteiger charge is 2.23. The number of rotatable bonds is 4. The topological polar surface area (TPSA) is 37.4 Å². The first kappa shape index (κ1) is 13.9. The molecule has 2 heterocycles. The van der Waals surface area contributed by atoms with E-state index in [0.717, 1.165) is 36.9 Å². The highest BCUT2D eigenvalue weighted by Crippen LogP contribution is 2.28. The minimum absolute atomic E-state index is 0.153. The van der Waals surface area contributed by atoms with Crippen molar-refractivity contribution in [2.24, 2.45) is 0 Å². The normalized spacial score (nSPS) is 21.7.